The van der Waals surface area contributed by atoms with Crippen LogP contribution in [0, 0.1) is 0 Å². The average Bonchev–Trinajstić information content (AvgIpc) is 3.04. The minimum Gasteiger partial charge on any atom is -0.756 e. The average molecular weight is 709 g/mol. The molecule has 0 aromatic heterocycles. The number of likely N-dealkylation sites (N-methyl/N-ethyl adjacent to an activating group) is 1. The molecule has 2 N–H and O–H groups in total. The van der Waals surface area contributed by atoms with Crippen molar-refractivity contribution < 1.29 is 32.9 Å². The molecule has 0 heterocycles. The molecule has 9 heteroatoms. The topological polar surface area (TPSA) is 108 Å². The van der Waals surface area contributed by atoms with Gasteiger partial charge in [-0.2, -0.15) is 0 Å². The van der Waals surface area contributed by atoms with Gasteiger partial charge in [0.2, 0.25) is 5.91 Å². The number of quaternary nitrogens is 1. The number of carbonyl (C=O) groups excluding carboxylic acids is 1. The van der Waals surface area contributed by atoms with Crippen molar-refractivity contribution in [2.24, 2.45) is 0 Å². The normalized spacial score (nSPS) is 15.3. The molecule has 284 valence electrons. The van der Waals surface area contributed by atoms with E-state index in [2.05, 4.69) is 67.8 Å². The van der Waals surface area contributed by atoms with E-state index in [9.17, 15) is 19.4 Å². The zero-order chi connectivity index (χ0) is 36.5. The highest BCUT2D eigenvalue weighted by atomic mass is 31.2. The van der Waals surface area contributed by atoms with Crippen molar-refractivity contribution in [2.75, 3.05) is 40.9 Å². The van der Waals surface area contributed by atoms with E-state index in [1.54, 1.807) is 6.08 Å². The molecule has 8 nitrogen and oxygen atoms in total. The molecule has 0 spiro atoms. The van der Waals surface area contributed by atoms with Gasteiger partial charge in [-0.25, -0.2) is 0 Å². The van der Waals surface area contributed by atoms with Crippen LogP contribution in [0.25, 0.3) is 0 Å². The van der Waals surface area contributed by atoms with Crippen LogP contribution in [0.5, 0.6) is 0 Å². The van der Waals surface area contributed by atoms with E-state index in [1.807, 2.05) is 27.2 Å². The third-order valence-electron chi connectivity index (χ3n) is 7.98. The van der Waals surface area contributed by atoms with Crippen molar-refractivity contribution in [2.45, 2.75) is 148 Å². The number of phosphoric ester groups is 1. The molecule has 0 aromatic rings. The summed E-state index contributed by atoms with van der Waals surface area (Å²) in [4.78, 5) is 25.1. The second kappa shape index (κ2) is 32.1. The van der Waals surface area contributed by atoms with Gasteiger partial charge in [0.05, 0.1) is 39.9 Å². The molecule has 0 fully saturated rings. The van der Waals surface area contributed by atoms with Gasteiger partial charge in [-0.3, -0.25) is 9.36 Å². The first-order valence-corrected chi connectivity index (χ1v) is 20.6. The van der Waals surface area contributed by atoms with Gasteiger partial charge in [0.1, 0.15) is 13.2 Å². The number of nitrogens with zero attached hydrogens (tertiary/aromatic N) is 1. The molecule has 0 bridgehead atoms. The van der Waals surface area contributed by atoms with E-state index >= 15 is 0 Å². The largest absolute Gasteiger partial charge is 0.756 e. The maximum Gasteiger partial charge on any atom is 0.268 e. The molecule has 0 aromatic carbocycles. The van der Waals surface area contributed by atoms with Crippen LogP contribution in [0.2, 0.25) is 0 Å². The molecule has 0 aliphatic rings. The van der Waals surface area contributed by atoms with Gasteiger partial charge in [-0.1, -0.05) is 132 Å². The summed E-state index contributed by atoms with van der Waals surface area (Å²) >= 11 is 0. The van der Waals surface area contributed by atoms with Crippen LogP contribution in [0.1, 0.15) is 136 Å². The number of hydrogen-bond donors (Lipinski definition) is 2. The number of aliphatic hydroxyl groups is 1. The van der Waals surface area contributed by atoms with Crippen molar-refractivity contribution in [3.05, 3.63) is 60.8 Å². The zero-order valence-electron chi connectivity index (χ0n) is 31.9. The summed E-state index contributed by atoms with van der Waals surface area (Å²) < 4.78 is 23.0. The minimum atomic E-state index is -4.59. The van der Waals surface area contributed by atoms with E-state index in [4.69, 9.17) is 9.05 Å². The number of hydrogen-bond acceptors (Lipinski definition) is 6. The Morgan fingerprint density at radius 1 is 0.735 bits per heavy atom. The highest BCUT2D eigenvalue weighted by Gasteiger charge is 2.23. The molecular weight excluding hydrogens is 635 g/mol. The first-order valence-electron chi connectivity index (χ1n) is 19.2. The molecule has 3 unspecified atom stereocenters. The molecular formula is C40H73N2O6P. The Bertz CT molecular complexity index is 986. The Hall–Kier alpha value is -1.80. The maximum absolute atomic E-state index is 12.8. The van der Waals surface area contributed by atoms with E-state index in [0.717, 1.165) is 77.0 Å². The lowest BCUT2D eigenvalue weighted by molar-refractivity contribution is -0.870. The molecule has 3 atom stereocenters. The molecule has 49 heavy (non-hydrogen) atoms. The summed E-state index contributed by atoms with van der Waals surface area (Å²) in [6.45, 7) is 4.45. The Labute approximate surface area is 301 Å². The van der Waals surface area contributed by atoms with Gasteiger partial charge in [-0.05, 0) is 57.8 Å². The number of unbranched alkanes of at least 4 members (excludes halogenated alkanes) is 12. The third-order valence-corrected chi connectivity index (χ3v) is 8.95. The zero-order valence-corrected chi connectivity index (χ0v) is 32.8. The number of allylic oxidation sites excluding steroid dienone is 9. The number of nitrogens with one attached hydrogen (secondary N) is 1. The van der Waals surface area contributed by atoms with Gasteiger partial charge in [0.15, 0.2) is 0 Å². The van der Waals surface area contributed by atoms with Crippen LogP contribution >= 0.6 is 7.82 Å². The van der Waals surface area contributed by atoms with Crippen molar-refractivity contribution in [1.29, 1.82) is 0 Å². The number of phosphoric acid groups is 1. The fourth-order valence-corrected chi connectivity index (χ4v) is 5.63. The quantitative estimate of drug-likeness (QED) is 0.0305. The Kier molecular flexibility index (Phi) is 31.0. The molecule has 0 aliphatic heterocycles. The second-order valence-corrected chi connectivity index (χ2v) is 15.3. The van der Waals surface area contributed by atoms with Crippen LogP contribution in [-0.2, 0) is 18.4 Å². The van der Waals surface area contributed by atoms with Crippen LogP contribution in [0.15, 0.2) is 60.8 Å². The van der Waals surface area contributed by atoms with Gasteiger partial charge in [0, 0.05) is 6.42 Å². The highest BCUT2D eigenvalue weighted by molar-refractivity contribution is 7.45. The van der Waals surface area contributed by atoms with Gasteiger partial charge < -0.3 is 28.8 Å². The summed E-state index contributed by atoms with van der Waals surface area (Å²) in [6.07, 6.45) is 39.8. The molecule has 1 amide bonds. The third kappa shape index (κ3) is 34.4. The molecule has 0 saturated carbocycles. The van der Waals surface area contributed by atoms with Crippen molar-refractivity contribution in [3.63, 3.8) is 0 Å². The van der Waals surface area contributed by atoms with E-state index in [1.165, 1.54) is 38.5 Å². The summed E-state index contributed by atoms with van der Waals surface area (Å²) in [5.41, 5.74) is 0. The highest BCUT2D eigenvalue weighted by Crippen LogP contribution is 2.38. The summed E-state index contributed by atoms with van der Waals surface area (Å²) in [5, 5.41) is 13.6. The fourth-order valence-electron chi connectivity index (χ4n) is 4.90. The number of aliphatic hydroxyl groups excluding tert-OH is 1. The molecule has 0 radical (unpaired) electrons. The van der Waals surface area contributed by atoms with Crippen LogP contribution in [0.4, 0.5) is 0 Å². The lowest BCUT2D eigenvalue weighted by Gasteiger charge is -2.29. The number of rotatable bonds is 33. The molecule has 0 saturated heterocycles. The monoisotopic (exact) mass is 709 g/mol. The smallest absolute Gasteiger partial charge is 0.268 e. The van der Waals surface area contributed by atoms with Gasteiger partial charge in [-0.15, -0.1) is 0 Å². The maximum atomic E-state index is 12.8. The first-order chi connectivity index (χ1) is 23.5. The minimum absolute atomic E-state index is 0.00928. The molecule has 0 aliphatic carbocycles. The Balaban J connectivity index is 4.55. The van der Waals surface area contributed by atoms with Crippen molar-refractivity contribution in [1.82, 2.24) is 5.32 Å². The fraction of sp³-hybridized carbons (Fsp3) is 0.725. The van der Waals surface area contributed by atoms with E-state index in [-0.39, 0.29) is 12.5 Å². The lowest BCUT2D eigenvalue weighted by Crippen LogP contribution is -2.45. The van der Waals surface area contributed by atoms with Crippen LogP contribution in [-0.4, -0.2) is 68.5 Å². The van der Waals surface area contributed by atoms with E-state index in [0.29, 0.717) is 17.4 Å². The van der Waals surface area contributed by atoms with Gasteiger partial charge in [0.25, 0.3) is 7.82 Å². The van der Waals surface area contributed by atoms with Crippen LogP contribution in [0.3, 0.4) is 0 Å². The SMILES string of the molecule is CC/C=C\C/C=C\C/C=C\C/C=C\CCCCCCC(=O)NC(COP(=O)([O-])OCC[N+](C)(C)C)C(O)/C=C/CCCCCCCCCC. The van der Waals surface area contributed by atoms with E-state index < -0.39 is 26.6 Å². The second-order valence-electron chi connectivity index (χ2n) is 13.9. The summed E-state index contributed by atoms with van der Waals surface area (Å²) in [7, 11) is 1.23. The van der Waals surface area contributed by atoms with Crippen LogP contribution < -0.4 is 10.2 Å². The Morgan fingerprint density at radius 2 is 1.24 bits per heavy atom. The lowest BCUT2D eigenvalue weighted by atomic mass is 10.1. The van der Waals surface area contributed by atoms with Crippen molar-refractivity contribution >= 4 is 13.7 Å². The summed E-state index contributed by atoms with van der Waals surface area (Å²) in [5.74, 6) is -0.227. The van der Waals surface area contributed by atoms with Gasteiger partial charge >= 0.3 is 0 Å². The first kappa shape index (κ1) is 47.2. The standard InChI is InChI=1S/C40H73N2O6P/c1-6-8-10-12-14-16-18-19-20-21-22-23-24-26-28-30-32-34-40(44)41-38(37-48-49(45,46)47-36-35-42(3,4)5)39(43)33-31-29-27-25-17-15-13-11-9-7-2/h8,10,14,16,19-20,22-23,31,33,38-39,43H,6-7,9,11-13,15,17-18,21,24-30,32,34-37H2,1-5H3,(H-,41,44,45,46)/b10-8-,16-14-,20-19-,23-22-,33-31+. The predicted molar refractivity (Wildman–Crippen MR) is 205 cm³/mol. The van der Waals surface area contributed by atoms with Crippen molar-refractivity contribution in [3.8, 4) is 0 Å². The molecule has 0 rings (SSSR count). The summed E-state index contributed by atoms with van der Waals surface area (Å²) in [6, 6.07) is -0.898. The predicted octanol–water partition coefficient (Wildman–Crippen LogP) is 9.27. The number of carbonyl (C=O) groups is 1. The number of amides is 1. The Morgan fingerprint density at radius 3 is 1.82 bits per heavy atom.